The number of ether oxygens (including phenoxy) is 1. The van der Waals surface area contributed by atoms with Crippen molar-refractivity contribution in [2.45, 2.75) is 18.9 Å². The van der Waals surface area contributed by atoms with Gasteiger partial charge in [0.1, 0.15) is 18.2 Å². The molecule has 1 fully saturated rings. The summed E-state index contributed by atoms with van der Waals surface area (Å²) in [5.74, 6) is 0.477. The Balaban J connectivity index is 1.21. The summed E-state index contributed by atoms with van der Waals surface area (Å²) in [7, 11) is 0. The second kappa shape index (κ2) is 11.8. The number of amides is 1. The molecule has 190 valence electrons. The van der Waals surface area contributed by atoms with Crippen LogP contribution in [0, 0.1) is 11.7 Å². The molecule has 5 rings (SSSR count). The average Bonchev–Trinajstić information content (AvgIpc) is 2.93. The predicted octanol–water partition coefficient (Wildman–Crippen LogP) is 6.13. The zero-order chi connectivity index (χ0) is 25.6. The Bertz CT molecular complexity index is 1340. The maximum Gasteiger partial charge on any atom is 0.224 e. The van der Waals surface area contributed by atoms with Crippen LogP contribution in [0.3, 0.4) is 0 Å². The van der Waals surface area contributed by atoms with Crippen LogP contribution < -0.4 is 10.1 Å². The number of piperidine rings is 1. The summed E-state index contributed by atoms with van der Waals surface area (Å²) in [5, 5.41) is 4.25. The van der Waals surface area contributed by atoms with Crippen LogP contribution in [-0.4, -0.2) is 42.0 Å². The minimum atomic E-state index is -0.449. The van der Waals surface area contributed by atoms with Crippen molar-refractivity contribution in [3.8, 4) is 5.75 Å². The second-order valence-electron chi connectivity index (χ2n) is 9.34. The molecule has 5 nitrogen and oxygen atoms in total. The normalized spacial score (nSPS) is 15.4. The van der Waals surface area contributed by atoms with Gasteiger partial charge in [-0.3, -0.25) is 14.7 Å². The first-order valence-corrected chi connectivity index (χ1v) is 13.4. The molecule has 4 aromatic rings. The first kappa shape index (κ1) is 25.4. The maximum atomic E-state index is 13.6. The van der Waals surface area contributed by atoms with Crippen molar-refractivity contribution in [1.29, 1.82) is 0 Å². The van der Waals surface area contributed by atoms with E-state index in [1.54, 1.807) is 12.1 Å². The van der Waals surface area contributed by atoms with E-state index in [4.69, 9.17) is 9.72 Å². The van der Waals surface area contributed by atoms with E-state index in [0.29, 0.717) is 6.61 Å². The van der Waals surface area contributed by atoms with Crippen LogP contribution in [0.2, 0.25) is 0 Å². The zero-order valence-corrected chi connectivity index (χ0v) is 22.0. The highest BCUT2D eigenvalue weighted by Gasteiger charge is 2.28. The van der Waals surface area contributed by atoms with E-state index in [1.165, 1.54) is 12.1 Å². The van der Waals surface area contributed by atoms with Crippen molar-refractivity contribution in [3.05, 3.63) is 106 Å². The average molecular weight is 562 g/mol. The number of carbonyl (C=O) groups excluding carboxylic acids is 1. The van der Waals surface area contributed by atoms with Crippen LogP contribution in [0.25, 0.3) is 10.9 Å². The molecule has 2 heterocycles. The highest BCUT2D eigenvalue weighted by molar-refractivity contribution is 9.10. The third-order valence-electron chi connectivity index (χ3n) is 6.85. The second-order valence-corrected chi connectivity index (χ2v) is 10.3. The summed E-state index contributed by atoms with van der Waals surface area (Å²) in [6.45, 7) is 3.12. The Hall–Kier alpha value is -3.29. The predicted molar refractivity (Wildman–Crippen MR) is 147 cm³/mol. The number of aromatic nitrogens is 1. The number of benzene rings is 3. The molecule has 1 aliphatic rings. The van der Waals surface area contributed by atoms with Crippen molar-refractivity contribution in [2.75, 3.05) is 26.2 Å². The largest absolute Gasteiger partial charge is 0.492 e. The fraction of sp³-hybridized carbons (Fsp3) is 0.267. The molecule has 0 spiro atoms. The van der Waals surface area contributed by atoms with E-state index >= 15 is 0 Å². The molecule has 0 radical (unpaired) electrons. The van der Waals surface area contributed by atoms with Gasteiger partial charge < -0.3 is 10.1 Å². The molecule has 1 saturated heterocycles. The van der Waals surface area contributed by atoms with Crippen LogP contribution >= 0.6 is 15.9 Å². The lowest BCUT2D eigenvalue weighted by atomic mass is 9.94. The summed E-state index contributed by atoms with van der Waals surface area (Å²) in [4.78, 5) is 20.5. The summed E-state index contributed by atoms with van der Waals surface area (Å²) in [6, 6.07) is 25.5. The molecule has 1 aliphatic heterocycles. The van der Waals surface area contributed by atoms with Crippen molar-refractivity contribution in [2.24, 2.45) is 5.92 Å². The summed E-state index contributed by atoms with van der Waals surface area (Å²) < 4.78 is 20.5. The Morgan fingerprint density at radius 2 is 1.73 bits per heavy atom. The number of nitrogens with zero attached hydrogens (tertiary/aromatic N) is 2. The zero-order valence-electron chi connectivity index (χ0n) is 20.4. The van der Waals surface area contributed by atoms with E-state index in [1.807, 2.05) is 60.7 Å². The molecule has 1 N–H and O–H groups in total. The van der Waals surface area contributed by atoms with Gasteiger partial charge in [-0.2, -0.15) is 0 Å². The SMILES string of the molecule is O=C(NC(c1ccc(F)cc1)c1ccc2ccccc2n1)C1CCN(CCOc2ccc(Br)cc2)CC1. The van der Waals surface area contributed by atoms with Gasteiger partial charge in [-0.25, -0.2) is 4.39 Å². The van der Waals surface area contributed by atoms with Crippen LogP contribution in [0.5, 0.6) is 5.75 Å². The Morgan fingerprint density at radius 3 is 2.49 bits per heavy atom. The van der Waals surface area contributed by atoms with Crippen molar-refractivity contribution < 1.29 is 13.9 Å². The van der Waals surface area contributed by atoms with Gasteiger partial charge in [0.25, 0.3) is 0 Å². The van der Waals surface area contributed by atoms with Gasteiger partial charge in [-0.05, 0) is 80.0 Å². The van der Waals surface area contributed by atoms with Gasteiger partial charge in [-0.1, -0.05) is 52.3 Å². The Kier molecular flexibility index (Phi) is 8.12. The smallest absolute Gasteiger partial charge is 0.224 e. The van der Waals surface area contributed by atoms with E-state index in [-0.39, 0.29) is 17.6 Å². The quantitative estimate of drug-likeness (QED) is 0.281. The summed E-state index contributed by atoms with van der Waals surface area (Å²) >= 11 is 3.43. The highest BCUT2D eigenvalue weighted by Crippen LogP contribution is 2.26. The fourth-order valence-electron chi connectivity index (χ4n) is 4.73. The third-order valence-corrected chi connectivity index (χ3v) is 7.38. The molecule has 1 aromatic heterocycles. The molecular weight excluding hydrogens is 533 g/mol. The number of halogens is 2. The van der Waals surface area contributed by atoms with E-state index < -0.39 is 6.04 Å². The molecule has 7 heteroatoms. The topological polar surface area (TPSA) is 54.5 Å². The summed E-state index contributed by atoms with van der Waals surface area (Å²) in [6.07, 6.45) is 1.57. The number of pyridine rings is 1. The lowest BCUT2D eigenvalue weighted by molar-refractivity contribution is -0.127. The summed E-state index contributed by atoms with van der Waals surface area (Å²) in [5.41, 5.74) is 2.40. The van der Waals surface area contributed by atoms with Crippen LogP contribution in [0.4, 0.5) is 4.39 Å². The molecule has 1 atom stereocenters. The van der Waals surface area contributed by atoms with Crippen molar-refractivity contribution in [3.63, 3.8) is 0 Å². The number of nitrogens with one attached hydrogen (secondary N) is 1. The van der Waals surface area contributed by atoms with Gasteiger partial charge in [-0.15, -0.1) is 0 Å². The molecular formula is C30H29BrFN3O2. The lowest BCUT2D eigenvalue weighted by Crippen LogP contribution is -2.43. The van der Waals surface area contributed by atoms with E-state index in [9.17, 15) is 9.18 Å². The monoisotopic (exact) mass is 561 g/mol. The first-order valence-electron chi connectivity index (χ1n) is 12.6. The van der Waals surface area contributed by atoms with Gasteiger partial charge in [0.2, 0.25) is 5.91 Å². The minimum absolute atomic E-state index is 0.00930. The minimum Gasteiger partial charge on any atom is -0.492 e. The molecule has 1 unspecified atom stereocenters. The first-order chi connectivity index (χ1) is 18.0. The molecule has 0 aliphatic carbocycles. The number of likely N-dealkylation sites (tertiary alicyclic amines) is 1. The third kappa shape index (κ3) is 6.53. The highest BCUT2D eigenvalue weighted by atomic mass is 79.9. The maximum absolute atomic E-state index is 13.6. The van der Waals surface area contributed by atoms with E-state index in [2.05, 4.69) is 26.1 Å². The van der Waals surface area contributed by atoms with Crippen LogP contribution in [0.15, 0.2) is 89.4 Å². The van der Waals surface area contributed by atoms with E-state index in [0.717, 1.165) is 64.9 Å². The van der Waals surface area contributed by atoms with Gasteiger partial charge in [0, 0.05) is 22.3 Å². The molecule has 3 aromatic carbocycles. The standard InChI is InChI=1S/C30H29BrFN3O2/c31-24-8-12-26(13-9-24)37-20-19-35-17-15-23(16-18-35)30(36)34-29(22-5-10-25(32)11-6-22)28-14-7-21-3-1-2-4-27(21)33-28/h1-14,23,29H,15-20H2,(H,34,36). The Morgan fingerprint density at radius 1 is 1.00 bits per heavy atom. The van der Waals surface area contributed by atoms with Crippen molar-refractivity contribution in [1.82, 2.24) is 15.2 Å². The number of rotatable bonds is 8. The molecule has 1 amide bonds. The van der Waals surface area contributed by atoms with Gasteiger partial charge >= 0.3 is 0 Å². The Labute approximate surface area is 224 Å². The molecule has 0 bridgehead atoms. The molecule has 0 saturated carbocycles. The number of fused-ring (bicyclic) bond motifs is 1. The van der Waals surface area contributed by atoms with Gasteiger partial charge in [0.05, 0.1) is 17.3 Å². The number of hydrogen-bond acceptors (Lipinski definition) is 4. The lowest BCUT2D eigenvalue weighted by Gasteiger charge is -2.32. The molecule has 37 heavy (non-hydrogen) atoms. The van der Waals surface area contributed by atoms with Crippen molar-refractivity contribution >= 4 is 32.7 Å². The number of para-hydroxylation sites is 1. The van der Waals surface area contributed by atoms with Gasteiger partial charge in [0.15, 0.2) is 0 Å². The van der Waals surface area contributed by atoms with Crippen LogP contribution in [-0.2, 0) is 4.79 Å². The number of carbonyl (C=O) groups is 1. The number of hydrogen-bond donors (Lipinski definition) is 1. The van der Waals surface area contributed by atoms with Crippen LogP contribution in [0.1, 0.15) is 30.1 Å². The fourth-order valence-corrected chi connectivity index (χ4v) is 4.99.